The van der Waals surface area contributed by atoms with Gasteiger partial charge in [0.05, 0.1) is 32.8 Å². The highest BCUT2D eigenvalue weighted by molar-refractivity contribution is 5.86. The number of nitrogens with zero attached hydrogens (tertiary/aromatic N) is 1. The minimum atomic E-state index is -0.520. The summed E-state index contributed by atoms with van der Waals surface area (Å²) in [4.78, 5) is 18.4. The first kappa shape index (κ1) is 19.0. The molecule has 28 heavy (non-hydrogen) atoms. The fraction of sp³-hybridized carbons (Fsp3) is 0.500. The Morgan fingerprint density at radius 1 is 1.43 bits per heavy atom. The number of piperidine rings is 1. The predicted octanol–water partition coefficient (Wildman–Crippen LogP) is 2.82. The molecule has 0 radical (unpaired) electrons. The van der Waals surface area contributed by atoms with Gasteiger partial charge in [-0.25, -0.2) is 0 Å². The molecule has 1 fully saturated rings. The topological polar surface area (TPSA) is 74.8 Å². The summed E-state index contributed by atoms with van der Waals surface area (Å²) in [6, 6.07) is 6.38. The number of fused-ring (bicyclic) bond motifs is 5. The standard InChI is InChI=1S/C22H28N2O4/c1-4-13-11-24-8-7-16-15-6-5-14(27-2)9-19(15)23-21(16)20(24)10-17(13)18(12-25)22(26)28-3/h4-6,9,17-18,20,23,25H,7-8,10-12H2,1-3H3/b13-4-/t17-,18?,20-/m0/s1. The molecule has 2 N–H and O–H groups in total. The molecule has 0 saturated carbocycles. The molecule has 1 aromatic carbocycles. The number of aliphatic hydroxyl groups excluding tert-OH is 1. The zero-order chi connectivity index (χ0) is 19.8. The van der Waals surface area contributed by atoms with E-state index < -0.39 is 5.92 Å². The van der Waals surface area contributed by atoms with Crippen molar-refractivity contribution < 1.29 is 19.4 Å². The second-order valence-corrected chi connectivity index (χ2v) is 7.68. The van der Waals surface area contributed by atoms with Crippen LogP contribution in [0.5, 0.6) is 5.75 Å². The Labute approximate surface area is 165 Å². The number of hydrogen-bond donors (Lipinski definition) is 2. The van der Waals surface area contributed by atoms with Gasteiger partial charge in [0.25, 0.3) is 0 Å². The minimum absolute atomic E-state index is 0.0180. The van der Waals surface area contributed by atoms with Crippen molar-refractivity contribution in [1.29, 1.82) is 0 Å². The average Bonchev–Trinajstić information content (AvgIpc) is 3.11. The van der Waals surface area contributed by atoms with Gasteiger partial charge in [0.2, 0.25) is 0 Å². The van der Waals surface area contributed by atoms with E-state index in [-0.39, 0.29) is 24.5 Å². The Balaban J connectivity index is 1.73. The van der Waals surface area contributed by atoms with Crippen LogP contribution in [-0.2, 0) is 16.0 Å². The third kappa shape index (κ3) is 3.01. The van der Waals surface area contributed by atoms with E-state index in [1.807, 2.05) is 19.1 Å². The van der Waals surface area contributed by atoms with Crippen molar-refractivity contribution in [3.05, 3.63) is 41.1 Å². The Morgan fingerprint density at radius 3 is 2.93 bits per heavy atom. The predicted molar refractivity (Wildman–Crippen MR) is 107 cm³/mol. The molecule has 4 rings (SSSR count). The molecular formula is C22H28N2O4. The number of rotatable bonds is 4. The number of esters is 1. The fourth-order valence-electron chi connectivity index (χ4n) is 4.98. The van der Waals surface area contributed by atoms with Crippen LogP contribution in [0.3, 0.4) is 0 Å². The number of ether oxygens (including phenoxy) is 2. The highest BCUT2D eigenvalue weighted by Gasteiger charge is 2.42. The molecule has 3 heterocycles. The number of allylic oxidation sites excluding steroid dienone is 1. The Kier molecular flexibility index (Phi) is 5.17. The molecule has 6 nitrogen and oxygen atoms in total. The third-order valence-electron chi connectivity index (χ3n) is 6.47. The number of hydrogen-bond acceptors (Lipinski definition) is 5. The molecule has 6 heteroatoms. The van der Waals surface area contributed by atoms with Crippen LogP contribution in [0.2, 0.25) is 0 Å². The zero-order valence-electron chi connectivity index (χ0n) is 16.7. The summed E-state index contributed by atoms with van der Waals surface area (Å²) >= 11 is 0. The number of nitrogens with one attached hydrogen (secondary N) is 1. The van der Waals surface area contributed by atoms with E-state index in [1.165, 1.54) is 29.3 Å². The van der Waals surface area contributed by atoms with Gasteiger partial charge in [-0.1, -0.05) is 11.6 Å². The summed E-state index contributed by atoms with van der Waals surface area (Å²) in [7, 11) is 3.07. The van der Waals surface area contributed by atoms with Gasteiger partial charge < -0.3 is 19.6 Å². The molecule has 2 aliphatic heterocycles. The molecule has 1 saturated heterocycles. The van der Waals surface area contributed by atoms with Crippen molar-refractivity contribution in [1.82, 2.24) is 9.88 Å². The van der Waals surface area contributed by atoms with Gasteiger partial charge in [0, 0.05) is 35.8 Å². The first-order valence-corrected chi connectivity index (χ1v) is 9.87. The lowest BCUT2D eigenvalue weighted by Crippen LogP contribution is -2.45. The number of benzene rings is 1. The average molecular weight is 384 g/mol. The van der Waals surface area contributed by atoms with E-state index in [0.717, 1.165) is 37.2 Å². The zero-order valence-corrected chi connectivity index (χ0v) is 16.7. The molecule has 3 atom stereocenters. The molecule has 1 aromatic heterocycles. The van der Waals surface area contributed by atoms with Crippen LogP contribution >= 0.6 is 0 Å². The summed E-state index contributed by atoms with van der Waals surface area (Å²) in [5.41, 5.74) is 4.89. The summed E-state index contributed by atoms with van der Waals surface area (Å²) in [5, 5.41) is 11.1. The number of aliphatic hydroxyl groups is 1. The second-order valence-electron chi connectivity index (χ2n) is 7.68. The third-order valence-corrected chi connectivity index (χ3v) is 6.47. The quantitative estimate of drug-likeness (QED) is 0.626. The van der Waals surface area contributed by atoms with Crippen LogP contribution in [0.1, 0.15) is 30.6 Å². The molecule has 0 amide bonds. The van der Waals surface area contributed by atoms with Crippen molar-refractivity contribution in [3.8, 4) is 5.75 Å². The van der Waals surface area contributed by atoms with Crippen LogP contribution in [0.15, 0.2) is 29.8 Å². The molecular weight excluding hydrogens is 356 g/mol. The summed E-state index contributed by atoms with van der Waals surface area (Å²) < 4.78 is 10.3. The van der Waals surface area contributed by atoms with E-state index in [9.17, 15) is 9.90 Å². The van der Waals surface area contributed by atoms with Gasteiger partial charge in [-0.05, 0) is 43.4 Å². The second kappa shape index (κ2) is 7.60. The summed E-state index contributed by atoms with van der Waals surface area (Å²) in [6.45, 7) is 3.62. The van der Waals surface area contributed by atoms with Gasteiger partial charge >= 0.3 is 5.97 Å². The SMILES string of the molecule is C/C=C1/CN2CCc3c([nH]c4cc(OC)ccc34)[C@@H]2C[C@@H]1C(CO)C(=O)OC. The van der Waals surface area contributed by atoms with Crippen molar-refractivity contribution >= 4 is 16.9 Å². The number of carbonyl (C=O) groups is 1. The van der Waals surface area contributed by atoms with Crippen LogP contribution in [0.4, 0.5) is 0 Å². The van der Waals surface area contributed by atoms with Crippen LogP contribution in [-0.4, -0.2) is 54.9 Å². The van der Waals surface area contributed by atoms with Crippen molar-refractivity contribution in [3.63, 3.8) is 0 Å². The molecule has 0 aliphatic carbocycles. The maximum atomic E-state index is 12.3. The van der Waals surface area contributed by atoms with Crippen molar-refractivity contribution in [2.45, 2.75) is 25.8 Å². The number of aromatic nitrogens is 1. The van der Waals surface area contributed by atoms with Gasteiger partial charge in [-0.3, -0.25) is 9.69 Å². The summed E-state index contributed by atoms with van der Waals surface area (Å²) in [6.07, 6.45) is 3.88. The summed E-state index contributed by atoms with van der Waals surface area (Å²) in [5.74, 6) is -0.0341. The van der Waals surface area contributed by atoms with Gasteiger partial charge in [-0.15, -0.1) is 0 Å². The normalized spacial score (nSPS) is 24.6. The first-order chi connectivity index (χ1) is 13.6. The van der Waals surface area contributed by atoms with Gasteiger partial charge in [0.1, 0.15) is 5.75 Å². The molecule has 2 aromatic rings. The lowest BCUT2D eigenvalue weighted by molar-refractivity contribution is -0.149. The Morgan fingerprint density at radius 2 is 2.25 bits per heavy atom. The Bertz CT molecular complexity index is 917. The number of H-pyrrole nitrogens is 1. The van der Waals surface area contributed by atoms with E-state index >= 15 is 0 Å². The van der Waals surface area contributed by atoms with E-state index in [4.69, 9.17) is 9.47 Å². The molecule has 1 unspecified atom stereocenters. The van der Waals surface area contributed by atoms with Gasteiger partial charge in [0.15, 0.2) is 0 Å². The number of methoxy groups -OCH3 is 2. The highest BCUT2D eigenvalue weighted by atomic mass is 16.5. The largest absolute Gasteiger partial charge is 0.497 e. The maximum absolute atomic E-state index is 12.3. The van der Waals surface area contributed by atoms with Gasteiger partial charge in [-0.2, -0.15) is 0 Å². The van der Waals surface area contributed by atoms with Crippen molar-refractivity contribution in [2.75, 3.05) is 33.9 Å². The molecule has 0 spiro atoms. The Hall–Kier alpha value is -2.31. The van der Waals surface area contributed by atoms with E-state index in [1.54, 1.807) is 7.11 Å². The fourth-order valence-corrected chi connectivity index (χ4v) is 4.98. The van der Waals surface area contributed by atoms with Crippen molar-refractivity contribution in [2.24, 2.45) is 11.8 Å². The molecule has 2 aliphatic rings. The molecule has 0 bridgehead atoms. The van der Waals surface area contributed by atoms with E-state index in [2.05, 4.69) is 22.0 Å². The number of carbonyl (C=O) groups excluding carboxylic acids is 1. The maximum Gasteiger partial charge on any atom is 0.311 e. The van der Waals surface area contributed by atoms with Crippen LogP contribution < -0.4 is 4.74 Å². The lowest BCUT2D eigenvalue weighted by Gasteiger charge is -2.45. The first-order valence-electron chi connectivity index (χ1n) is 9.87. The van der Waals surface area contributed by atoms with Crippen LogP contribution in [0, 0.1) is 11.8 Å². The highest BCUT2D eigenvalue weighted by Crippen LogP contribution is 2.45. The smallest absolute Gasteiger partial charge is 0.311 e. The monoisotopic (exact) mass is 384 g/mol. The lowest BCUT2D eigenvalue weighted by atomic mass is 9.75. The number of aromatic amines is 1. The van der Waals surface area contributed by atoms with Crippen LogP contribution in [0.25, 0.3) is 10.9 Å². The van der Waals surface area contributed by atoms with E-state index in [0.29, 0.717) is 0 Å². The minimum Gasteiger partial charge on any atom is -0.497 e. The molecule has 150 valence electrons.